The molecular formula is C13H19N5O. The van der Waals surface area contributed by atoms with Gasteiger partial charge in [0.05, 0.1) is 11.3 Å². The summed E-state index contributed by atoms with van der Waals surface area (Å²) in [5.74, 6) is 0.955. The average Bonchev–Trinajstić information content (AvgIpc) is 3.12. The lowest BCUT2D eigenvalue weighted by atomic mass is 10.1. The van der Waals surface area contributed by atoms with Gasteiger partial charge in [-0.25, -0.2) is 14.6 Å². The van der Waals surface area contributed by atoms with E-state index in [9.17, 15) is 5.11 Å². The Hall–Kier alpha value is -1.69. The molecule has 6 heteroatoms. The molecule has 0 saturated heterocycles. The predicted molar refractivity (Wildman–Crippen MR) is 72.6 cm³/mol. The first kappa shape index (κ1) is 12.3. The summed E-state index contributed by atoms with van der Waals surface area (Å²) in [7, 11) is 0. The van der Waals surface area contributed by atoms with E-state index in [1.54, 1.807) is 24.7 Å². The van der Waals surface area contributed by atoms with Crippen LogP contribution in [0.3, 0.4) is 0 Å². The van der Waals surface area contributed by atoms with E-state index in [4.69, 9.17) is 5.73 Å². The van der Waals surface area contributed by atoms with Gasteiger partial charge in [-0.2, -0.15) is 5.10 Å². The van der Waals surface area contributed by atoms with E-state index in [1.165, 1.54) is 12.8 Å². The lowest BCUT2D eigenvalue weighted by Crippen LogP contribution is -2.21. The summed E-state index contributed by atoms with van der Waals surface area (Å²) in [4.78, 5) is 9.01. The molecule has 0 unspecified atom stereocenters. The molecule has 2 aromatic heterocycles. The second-order valence-electron chi connectivity index (χ2n) is 5.91. The molecule has 0 spiro atoms. The van der Waals surface area contributed by atoms with E-state index in [1.807, 2.05) is 0 Å². The van der Waals surface area contributed by atoms with Gasteiger partial charge in [-0.05, 0) is 33.1 Å². The molecule has 3 rings (SSSR count). The number of nitrogen functional groups attached to an aromatic ring is 1. The number of aromatic nitrogens is 4. The third-order valence-electron chi connectivity index (χ3n) is 3.42. The standard InChI is InChI=1S/C13H19N5O/c1-13(2,19)5-6-18-12-10(11(14)17-18)15-7-9(16-12)8-3-4-8/h7-8,19H,3-6H2,1-2H3,(H2,14,17). The minimum Gasteiger partial charge on any atom is -0.390 e. The maximum Gasteiger partial charge on any atom is 0.179 e. The fourth-order valence-corrected chi connectivity index (χ4v) is 2.09. The number of aliphatic hydroxyl groups is 1. The minimum absolute atomic E-state index is 0.403. The Kier molecular flexibility index (Phi) is 2.70. The van der Waals surface area contributed by atoms with Gasteiger partial charge in [-0.15, -0.1) is 0 Å². The average molecular weight is 261 g/mol. The summed E-state index contributed by atoms with van der Waals surface area (Å²) >= 11 is 0. The summed E-state index contributed by atoms with van der Waals surface area (Å²) in [5.41, 5.74) is 7.54. The molecule has 0 atom stereocenters. The molecule has 0 radical (unpaired) electrons. The van der Waals surface area contributed by atoms with Crippen LogP contribution in [-0.2, 0) is 6.54 Å². The molecule has 6 nitrogen and oxygen atoms in total. The van der Waals surface area contributed by atoms with Gasteiger partial charge in [0.15, 0.2) is 17.0 Å². The maximum atomic E-state index is 9.80. The summed E-state index contributed by atoms with van der Waals surface area (Å²) < 4.78 is 1.75. The van der Waals surface area contributed by atoms with Crippen LogP contribution < -0.4 is 5.73 Å². The third kappa shape index (κ3) is 2.53. The van der Waals surface area contributed by atoms with Crippen molar-refractivity contribution in [2.24, 2.45) is 0 Å². The van der Waals surface area contributed by atoms with Crippen molar-refractivity contribution in [3.8, 4) is 0 Å². The second-order valence-corrected chi connectivity index (χ2v) is 5.91. The van der Waals surface area contributed by atoms with Gasteiger partial charge in [0, 0.05) is 18.7 Å². The normalized spacial score (nSPS) is 16.2. The van der Waals surface area contributed by atoms with E-state index in [-0.39, 0.29) is 0 Å². The Morgan fingerprint density at radius 1 is 1.47 bits per heavy atom. The van der Waals surface area contributed by atoms with Crippen LogP contribution in [-0.4, -0.2) is 30.5 Å². The number of nitrogens with two attached hydrogens (primary N) is 1. The molecule has 1 aliphatic carbocycles. The predicted octanol–water partition coefficient (Wildman–Crippen LogP) is 1.45. The van der Waals surface area contributed by atoms with Crippen molar-refractivity contribution in [3.05, 3.63) is 11.9 Å². The number of fused-ring (bicyclic) bond motifs is 1. The zero-order valence-corrected chi connectivity index (χ0v) is 11.3. The van der Waals surface area contributed by atoms with Crippen molar-refractivity contribution in [3.63, 3.8) is 0 Å². The third-order valence-corrected chi connectivity index (χ3v) is 3.42. The summed E-state index contributed by atoms with van der Waals surface area (Å²) in [5, 5.41) is 14.1. The van der Waals surface area contributed by atoms with Crippen LogP contribution in [0.25, 0.3) is 11.2 Å². The number of hydrogen-bond donors (Lipinski definition) is 2. The molecule has 19 heavy (non-hydrogen) atoms. The highest BCUT2D eigenvalue weighted by atomic mass is 16.3. The van der Waals surface area contributed by atoms with Crippen LogP contribution in [0.4, 0.5) is 5.82 Å². The monoisotopic (exact) mass is 261 g/mol. The molecular weight excluding hydrogens is 242 g/mol. The zero-order valence-electron chi connectivity index (χ0n) is 11.3. The fourth-order valence-electron chi connectivity index (χ4n) is 2.09. The number of nitrogens with zero attached hydrogens (tertiary/aromatic N) is 4. The van der Waals surface area contributed by atoms with Crippen LogP contribution in [0.15, 0.2) is 6.20 Å². The number of hydrogen-bond acceptors (Lipinski definition) is 5. The van der Waals surface area contributed by atoms with Crippen LogP contribution >= 0.6 is 0 Å². The lowest BCUT2D eigenvalue weighted by molar-refractivity contribution is 0.0655. The van der Waals surface area contributed by atoms with Gasteiger partial charge >= 0.3 is 0 Å². The Morgan fingerprint density at radius 3 is 2.84 bits per heavy atom. The van der Waals surface area contributed by atoms with E-state index >= 15 is 0 Å². The first-order valence-electron chi connectivity index (χ1n) is 6.65. The molecule has 0 aromatic carbocycles. The van der Waals surface area contributed by atoms with Crippen molar-refractivity contribution in [2.75, 3.05) is 5.73 Å². The quantitative estimate of drug-likeness (QED) is 0.869. The number of rotatable bonds is 4. The topological polar surface area (TPSA) is 89.8 Å². The van der Waals surface area contributed by atoms with Crippen molar-refractivity contribution >= 4 is 17.0 Å². The summed E-state index contributed by atoms with van der Waals surface area (Å²) in [6.07, 6.45) is 4.78. The maximum absolute atomic E-state index is 9.80. The Morgan fingerprint density at radius 2 is 2.21 bits per heavy atom. The molecule has 0 aliphatic heterocycles. The van der Waals surface area contributed by atoms with Gasteiger partial charge < -0.3 is 10.8 Å². The van der Waals surface area contributed by atoms with Crippen molar-refractivity contribution in [2.45, 2.75) is 51.2 Å². The summed E-state index contributed by atoms with van der Waals surface area (Å²) in [6, 6.07) is 0. The van der Waals surface area contributed by atoms with Crippen molar-refractivity contribution < 1.29 is 5.11 Å². The van der Waals surface area contributed by atoms with E-state index < -0.39 is 5.60 Å². The van der Waals surface area contributed by atoms with Crippen molar-refractivity contribution in [1.82, 2.24) is 19.7 Å². The van der Waals surface area contributed by atoms with Crippen LogP contribution in [0.1, 0.15) is 44.7 Å². The Bertz CT molecular complexity index is 609. The number of anilines is 1. The molecule has 1 saturated carbocycles. The van der Waals surface area contributed by atoms with Crippen LogP contribution in [0.5, 0.6) is 0 Å². The SMILES string of the molecule is CC(C)(O)CCn1nc(N)c2ncc(C3CC3)nc21. The molecule has 1 fully saturated rings. The molecule has 0 bridgehead atoms. The Balaban J connectivity index is 1.96. The molecule has 2 heterocycles. The van der Waals surface area contributed by atoms with Gasteiger partial charge in [-0.1, -0.05) is 0 Å². The second kappa shape index (κ2) is 4.16. The van der Waals surface area contributed by atoms with Crippen LogP contribution in [0.2, 0.25) is 0 Å². The fraction of sp³-hybridized carbons (Fsp3) is 0.615. The van der Waals surface area contributed by atoms with E-state index in [2.05, 4.69) is 15.1 Å². The first-order valence-corrected chi connectivity index (χ1v) is 6.65. The van der Waals surface area contributed by atoms with E-state index in [0.29, 0.717) is 30.2 Å². The molecule has 0 amide bonds. The van der Waals surface area contributed by atoms with Gasteiger partial charge in [0.1, 0.15) is 0 Å². The molecule has 2 aromatic rings. The Labute approximate surface area is 111 Å². The van der Waals surface area contributed by atoms with E-state index in [0.717, 1.165) is 11.3 Å². The van der Waals surface area contributed by atoms with Crippen molar-refractivity contribution in [1.29, 1.82) is 0 Å². The van der Waals surface area contributed by atoms with Gasteiger partial charge in [-0.3, -0.25) is 0 Å². The zero-order chi connectivity index (χ0) is 13.6. The highest BCUT2D eigenvalue weighted by Gasteiger charge is 2.26. The molecule has 1 aliphatic rings. The lowest BCUT2D eigenvalue weighted by Gasteiger charge is -2.16. The molecule has 102 valence electrons. The minimum atomic E-state index is -0.728. The largest absolute Gasteiger partial charge is 0.390 e. The first-order chi connectivity index (χ1) is 8.94. The molecule has 3 N–H and O–H groups in total. The van der Waals surface area contributed by atoms with Crippen LogP contribution in [0, 0.1) is 0 Å². The highest BCUT2D eigenvalue weighted by molar-refractivity contribution is 5.81. The smallest absolute Gasteiger partial charge is 0.179 e. The highest BCUT2D eigenvalue weighted by Crippen LogP contribution is 2.39. The van der Waals surface area contributed by atoms with Gasteiger partial charge in [0.2, 0.25) is 0 Å². The number of aryl methyl sites for hydroxylation is 1. The summed E-state index contributed by atoms with van der Waals surface area (Å²) in [6.45, 7) is 4.15. The van der Waals surface area contributed by atoms with Gasteiger partial charge in [0.25, 0.3) is 0 Å².